The molecule has 3 rings (SSSR count). The van der Waals surface area contributed by atoms with E-state index in [1.54, 1.807) is 4.90 Å². The average molecular weight is 392 g/mol. The van der Waals surface area contributed by atoms with Gasteiger partial charge in [0.15, 0.2) is 0 Å². The van der Waals surface area contributed by atoms with Crippen LogP contribution in [0.3, 0.4) is 0 Å². The molecule has 0 N–H and O–H groups in total. The van der Waals surface area contributed by atoms with Gasteiger partial charge in [0.1, 0.15) is 10.2 Å². The molecule has 0 saturated carbocycles. The second-order valence-electron chi connectivity index (χ2n) is 7.25. The second-order valence-corrected chi connectivity index (χ2v) is 8.01. The molecular formula is C18H22BrN3O2. The van der Waals surface area contributed by atoms with Gasteiger partial charge >= 0.3 is 6.09 Å². The Labute approximate surface area is 150 Å². The number of fused-ring (bicyclic) bond motifs is 1. The molecule has 1 aliphatic rings. The third kappa shape index (κ3) is 3.20. The highest BCUT2D eigenvalue weighted by Gasteiger charge is 2.33. The van der Waals surface area contributed by atoms with Gasteiger partial charge in [0.25, 0.3) is 0 Å². The maximum absolute atomic E-state index is 12.4. The van der Waals surface area contributed by atoms with E-state index in [1.165, 1.54) is 5.56 Å². The normalized spacial score (nSPS) is 14.0. The highest BCUT2D eigenvalue weighted by atomic mass is 79.9. The molecule has 0 aliphatic carbocycles. The molecule has 128 valence electrons. The zero-order valence-electron chi connectivity index (χ0n) is 14.7. The van der Waals surface area contributed by atoms with E-state index in [-0.39, 0.29) is 6.09 Å². The largest absolute Gasteiger partial charge is 0.444 e. The minimum absolute atomic E-state index is 0.294. The van der Waals surface area contributed by atoms with Crippen molar-refractivity contribution in [1.82, 2.24) is 14.7 Å². The standard InChI is InChI=1S/C18H22BrN3O2/c1-11-6-7-14(12(2)8-11)22-15-10-21(9-13(15)16(19)20-22)17(23)24-18(3,4)5/h6-8H,9-10H2,1-5H3. The van der Waals surface area contributed by atoms with Gasteiger partial charge in [-0.1, -0.05) is 17.7 Å². The lowest BCUT2D eigenvalue weighted by Gasteiger charge is -2.24. The Morgan fingerprint density at radius 3 is 2.58 bits per heavy atom. The van der Waals surface area contributed by atoms with Crippen LogP contribution in [0, 0.1) is 13.8 Å². The summed E-state index contributed by atoms with van der Waals surface area (Å²) in [4.78, 5) is 14.1. The van der Waals surface area contributed by atoms with Crippen molar-refractivity contribution >= 4 is 22.0 Å². The van der Waals surface area contributed by atoms with Crippen molar-refractivity contribution < 1.29 is 9.53 Å². The number of nitrogens with zero attached hydrogens (tertiary/aromatic N) is 3. The van der Waals surface area contributed by atoms with E-state index in [0.717, 1.165) is 27.1 Å². The summed E-state index contributed by atoms with van der Waals surface area (Å²) >= 11 is 3.53. The molecule has 2 heterocycles. The van der Waals surface area contributed by atoms with Crippen LogP contribution >= 0.6 is 15.9 Å². The van der Waals surface area contributed by atoms with Gasteiger partial charge in [-0.25, -0.2) is 9.48 Å². The number of carbonyl (C=O) groups excluding carboxylic acids is 1. The number of benzene rings is 1. The second kappa shape index (κ2) is 5.92. The topological polar surface area (TPSA) is 47.4 Å². The molecule has 6 heteroatoms. The fourth-order valence-corrected chi connectivity index (χ4v) is 3.41. The lowest BCUT2D eigenvalue weighted by molar-refractivity contribution is 0.0238. The summed E-state index contributed by atoms with van der Waals surface area (Å²) in [5, 5.41) is 4.62. The van der Waals surface area contributed by atoms with E-state index in [4.69, 9.17) is 4.74 Å². The zero-order valence-corrected chi connectivity index (χ0v) is 16.3. The van der Waals surface area contributed by atoms with Gasteiger partial charge in [-0.2, -0.15) is 5.10 Å². The molecule has 0 radical (unpaired) electrons. The minimum atomic E-state index is -0.497. The van der Waals surface area contributed by atoms with Crippen LogP contribution in [0.5, 0.6) is 0 Å². The molecule has 24 heavy (non-hydrogen) atoms. The number of hydrogen-bond acceptors (Lipinski definition) is 3. The van der Waals surface area contributed by atoms with Crippen LogP contribution in [0.1, 0.15) is 43.2 Å². The lowest BCUT2D eigenvalue weighted by atomic mass is 10.1. The van der Waals surface area contributed by atoms with Crippen LogP contribution in [0.25, 0.3) is 5.69 Å². The van der Waals surface area contributed by atoms with Gasteiger partial charge in [0, 0.05) is 5.56 Å². The van der Waals surface area contributed by atoms with Crippen LogP contribution in [0.2, 0.25) is 0 Å². The van der Waals surface area contributed by atoms with Crippen LogP contribution in [-0.4, -0.2) is 26.4 Å². The zero-order chi connectivity index (χ0) is 17.6. The molecule has 1 aromatic carbocycles. The van der Waals surface area contributed by atoms with E-state index in [2.05, 4.69) is 53.1 Å². The molecule has 0 fully saturated rings. The number of amides is 1. The van der Waals surface area contributed by atoms with Gasteiger partial charge in [0.05, 0.1) is 24.5 Å². The van der Waals surface area contributed by atoms with Crippen LogP contribution < -0.4 is 0 Å². The summed E-state index contributed by atoms with van der Waals surface area (Å²) in [6, 6.07) is 6.28. The van der Waals surface area contributed by atoms with Gasteiger partial charge in [-0.3, -0.25) is 4.90 Å². The Morgan fingerprint density at radius 1 is 1.25 bits per heavy atom. The van der Waals surface area contributed by atoms with Gasteiger partial charge in [0.2, 0.25) is 0 Å². The summed E-state index contributed by atoms with van der Waals surface area (Å²) in [6.45, 7) is 10.8. The molecule has 1 aromatic heterocycles. The Balaban J connectivity index is 1.92. The van der Waals surface area contributed by atoms with Crippen molar-refractivity contribution in [3.63, 3.8) is 0 Å². The van der Waals surface area contributed by atoms with Crippen molar-refractivity contribution in [1.29, 1.82) is 0 Å². The number of hydrogen-bond donors (Lipinski definition) is 0. The summed E-state index contributed by atoms with van der Waals surface area (Å²) in [6.07, 6.45) is -0.294. The quantitative estimate of drug-likeness (QED) is 0.718. The number of aryl methyl sites for hydroxylation is 2. The van der Waals surface area contributed by atoms with Gasteiger partial charge < -0.3 is 4.74 Å². The van der Waals surface area contributed by atoms with E-state index >= 15 is 0 Å². The molecule has 1 aliphatic heterocycles. The van der Waals surface area contributed by atoms with E-state index in [0.29, 0.717) is 13.1 Å². The monoisotopic (exact) mass is 391 g/mol. The Bertz CT molecular complexity index is 805. The molecular weight excluding hydrogens is 370 g/mol. The first-order valence-electron chi connectivity index (χ1n) is 7.97. The van der Waals surface area contributed by atoms with Crippen molar-refractivity contribution in [2.24, 2.45) is 0 Å². The van der Waals surface area contributed by atoms with Crippen LogP contribution in [0.4, 0.5) is 4.79 Å². The fraction of sp³-hybridized carbons (Fsp3) is 0.444. The maximum atomic E-state index is 12.4. The Morgan fingerprint density at radius 2 is 1.96 bits per heavy atom. The number of aromatic nitrogens is 2. The predicted octanol–water partition coefficient (Wildman–Crippen LogP) is 4.50. The summed E-state index contributed by atoms with van der Waals surface area (Å²) in [7, 11) is 0. The summed E-state index contributed by atoms with van der Waals surface area (Å²) < 4.78 is 8.20. The predicted molar refractivity (Wildman–Crippen MR) is 96.2 cm³/mol. The van der Waals surface area contributed by atoms with Gasteiger partial charge in [-0.15, -0.1) is 0 Å². The number of ether oxygens (including phenoxy) is 1. The smallest absolute Gasteiger partial charge is 0.410 e. The molecule has 0 spiro atoms. The molecule has 0 bridgehead atoms. The number of carbonyl (C=O) groups is 1. The highest BCUT2D eigenvalue weighted by molar-refractivity contribution is 9.10. The molecule has 0 atom stereocenters. The Hall–Kier alpha value is -1.82. The first kappa shape index (κ1) is 17.0. The molecule has 0 saturated heterocycles. The van der Waals surface area contributed by atoms with E-state index < -0.39 is 5.60 Å². The highest BCUT2D eigenvalue weighted by Crippen LogP contribution is 2.32. The van der Waals surface area contributed by atoms with Crippen molar-refractivity contribution in [2.75, 3.05) is 0 Å². The molecule has 0 unspecified atom stereocenters. The first-order chi connectivity index (χ1) is 11.2. The maximum Gasteiger partial charge on any atom is 0.410 e. The number of halogens is 1. The van der Waals surface area contributed by atoms with Crippen LogP contribution in [0.15, 0.2) is 22.8 Å². The SMILES string of the molecule is Cc1ccc(-n2nc(Br)c3c2CN(C(=O)OC(C)(C)C)C3)c(C)c1. The number of rotatable bonds is 1. The summed E-state index contributed by atoms with van der Waals surface area (Å²) in [5.74, 6) is 0. The van der Waals surface area contributed by atoms with Crippen molar-refractivity contribution in [2.45, 2.75) is 53.3 Å². The van der Waals surface area contributed by atoms with E-state index in [1.807, 2.05) is 25.5 Å². The molecule has 5 nitrogen and oxygen atoms in total. The van der Waals surface area contributed by atoms with E-state index in [9.17, 15) is 4.79 Å². The lowest BCUT2D eigenvalue weighted by Crippen LogP contribution is -2.33. The third-order valence-corrected chi connectivity index (χ3v) is 4.60. The Kier molecular flexibility index (Phi) is 4.20. The fourth-order valence-electron chi connectivity index (χ4n) is 2.90. The molecule has 2 aromatic rings. The minimum Gasteiger partial charge on any atom is -0.444 e. The van der Waals surface area contributed by atoms with Crippen molar-refractivity contribution in [3.8, 4) is 5.69 Å². The molecule has 1 amide bonds. The van der Waals surface area contributed by atoms with Crippen LogP contribution in [-0.2, 0) is 17.8 Å². The third-order valence-electron chi connectivity index (χ3n) is 3.96. The summed E-state index contributed by atoms with van der Waals surface area (Å²) in [5.41, 5.74) is 4.98. The average Bonchev–Trinajstić information content (AvgIpc) is 2.99. The van der Waals surface area contributed by atoms with Crippen molar-refractivity contribution in [3.05, 3.63) is 45.2 Å². The first-order valence-corrected chi connectivity index (χ1v) is 8.77. The van der Waals surface area contributed by atoms with Gasteiger partial charge in [-0.05, 0) is 62.2 Å².